The lowest BCUT2D eigenvalue weighted by atomic mass is 10.1. The van der Waals surface area contributed by atoms with E-state index in [4.69, 9.17) is 0 Å². The van der Waals surface area contributed by atoms with Crippen LogP contribution in [0.25, 0.3) is 0 Å². The van der Waals surface area contributed by atoms with Gasteiger partial charge in [0.25, 0.3) is 0 Å². The van der Waals surface area contributed by atoms with Crippen LogP contribution in [0.15, 0.2) is 22.4 Å². The minimum absolute atomic E-state index is 0.106. The molecule has 1 fully saturated rings. The highest BCUT2D eigenvalue weighted by atomic mass is 16.2. The average molecular weight is 262 g/mol. The summed E-state index contributed by atoms with van der Waals surface area (Å²) in [7, 11) is 0. The zero-order chi connectivity index (χ0) is 13.8. The van der Waals surface area contributed by atoms with E-state index in [-0.39, 0.29) is 11.9 Å². The van der Waals surface area contributed by atoms with Gasteiger partial charge in [-0.05, 0) is 13.6 Å². The fourth-order valence-corrected chi connectivity index (χ4v) is 1.89. The van der Waals surface area contributed by atoms with E-state index in [1.807, 2.05) is 17.8 Å². The summed E-state index contributed by atoms with van der Waals surface area (Å²) in [4.78, 5) is 20.8. The molecule has 0 atom stereocenters. The molecule has 0 bridgehead atoms. The molecule has 1 aromatic rings. The largest absolute Gasteiger partial charge is 0.339 e. The second-order valence-electron chi connectivity index (χ2n) is 4.37. The number of amides is 1. The minimum Gasteiger partial charge on any atom is -0.339 e. The van der Waals surface area contributed by atoms with Crippen molar-refractivity contribution in [3.8, 4) is 0 Å². The van der Waals surface area contributed by atoms with Gasteiger partial charge in [0.2, 0.25) is 11.9 Å². The molecule has 2 heterocycles. The number of anilines is 1. The number of aliphatic imine (C=N–C) groups is 2. The van der Waals surface area contributed by atoms with Gasteiger partial charge < -0.3 is 10.2 Å². The van der Waals surface area contributed by atoms with Crippen molar-refractivity contribution in [1.82, 2.24) is 14.7 Å². The molecule has 1 aromatic heterocycles. The Morgan fingerprint density at radius 3 is 2.95 bits per heavy atom. The van der Waals surface area contributed by atoms with Gasteiger partial charge in [-0.15, -0.1) is 0 Å². The zero-order valence-electron chi connectivity index (χ0n) is 11.2. The van der Waals surface area contributed by atoms with Crippen LogP contribution < -0.4 is 5.32 Å². The predicted octanol–water partition coefficient (Wildman–Crippen LogP) is 0.775. The molecule has 7 nitrogen and oxygen atoms in total. The topological polar surface area (TPSA) is 74.9 Å². The van der Waals surface area contributed by atoms with Crippen molar-refractivity contribution in [2.45, 2.75) is 19.9 Å². The van der Waals surface area contributed by atoms with E-state index < -0.39 is 0 Å². The molecule has 0 aromatic carbocycles. The fourth-order valence-electron chi connectivity index (χ4n) is 1.89. The monoisotopic (exact) mass is 262 g/mol. The van der Waals surface area contributed by atoms with E-state index >= 15 is 0 Å². The number of hydrogen-bond donors (Lipinski definition) is 1. The van der Waals surface area contributed by atoms with Crippen LogP contribution in [0.2, 0.25) is 0 Å². The van der Waals surface area contributed by atoms with Crippen LogP contribution in [0.3, 0.4) is 0 Å². The van der Waals surface area contributed by atoms with Gasteiger partial charge in [-0.25, -0.2) is 4.99 Å². The maximum atomic E-state index is 11.1. The highest BCUT2D eigenvalue weighted by Crippen LogP contribution is 2.21. The summed E-state index contributed by atoms with van der Waals surface area (Å²) in [5.41, 5.74) is 0.820. The quantitative estimate of drug-likeness (QED) is 0.646. The van der Waals surface area contributed by atoms with Crippen LogP contribution in [-0.2, 0) is 4.79 Å². The first-order valence-corrected chi connectivity index (χ1v) is 6.22. The minimum atomic E-state index is 0.106. The summed E-state index contributed by atoms with van der Waals surface area (Å²) >= 11 is 0. The summed E-state index contributed by atoms with van der Waals surface area (Å²) in [5.74, 6) is 0.594. The van der Waals surface area contributed by atoms with Crippen molar-refractivity contribution < 1.29 is 4.79 Å². The smallest absolute Gasteiger partial charge is 0.221 e. The first-order valence-electron chi connectivity index (χ1n) is 6.22. The molecule has 1 saturated heterocycles. The number of carbonyl (C=O) groups excluding carboxylic acids is 1. The number of nitrogens with one attached hydrogen (secondary N) is 1. The number of nitrogens with zero attached hydrogens (tertiary/aromatic N) is 5. The Labute approximate surface area is 112 Å². The molecule has 102 valence electrons. The molecular formula is C12H18N6O. The predicted molar refractivity (Wildman–Crippen MR) is 74.7 cm³/mol. The third-order valence-corrected chi connectivity index (χ3v) is 3.00. The van der Waals surface area contributed by atoms with Crippen molar-refractivity contribution in [2.75, 3.05) is 25.0 Å². The summed E-state index contributed by atoms with van der Waals surface area (Å²) in [6.45, 7) is 9.04. The second-order valence-corrected chi connectivity index (χ2v) is 4.37. The maximum Gasteiger partial charge on any atom is 0.221 e. The van der Waals surface area contributed by atoms with Gasteiger partial charge in [0.15, 0.2) is 0 Å². The Morgan fingerprint density at radius 2 is 2.37 bits per heavy atom. The van der Waals surface area contributed by atoms with Crippen LogP contribution in [0.4, 0.5) is 5.69 Å². The Balaban J connectivity index is 1.95. The lowest BCUT2D eigenvalue weighted by molar-refractivity contribution is -0.134. The molecule has 1 N–H and O–H groups in total. The molecule has 19 heavy (non-hydrogen) atoms. The van der Waals surface area contributed by atoms with Crippen LogP contribution in [0.5, 0.6) is 0 Å². The van der Waals surface area contributed by atoms with E-state index in [0.717, 1.165) is 5.69 Å². The summed E-state index contributed by atoms with van der Waals surface area (Å²) in [6.07, 6.45) is 3.60. The number of aromatic nitrogens is 2. The maximum absolute atomic E-state index is 11.1. The van der Waals surface area contributed by atoms with Crippen molar-refractivity contribution in [3.63, 3.8) is 0 Å². The molecule has 1 aliphatic rings. The number of guanidine groups is 1. The fraction of sp³-hybridized carbons (Fsp3) is 0.500. The number of hydrogen-bond acceptors (Lipinski definition) is 3. The Kier molecular flexibility index (Phi) is 3.94. The standard InChI is InChI=1S/C12H18N6O/c1-4-14-12(13-3)16-10-5-15-18(6-10)11-7-17(8-11)9(2)19/h5-6,11H,3-4,7-8H2,1-2H3,(H,14,16). The average Bonchev–Trinajstić information content (AvgIpc) is 2.74. The van der Waals surface area contributed by atoms with Gasteiger partial charge in [0.1, 0.15) is 0 Å². The Bertz CT molecular complexity index is 500. The van der Waals surface area contributed by atoms with Gasteiger partial charge in [-0.3, -0.25) is 14.5 Å². The van der Waals surface area contributed by atoms with Crippen LogP contribution in [-0.4, -0.2) is 52.9 Å². The second kappa shape index (κ2) is 5.64. The molecular weight excluding hydrogens is 244 g/mol. The number of carbonyl (C=O) groups is 1. The zero-order valence-corrected chi connectivity index (χ0v) is 11.2. The molecule has 0 unspecified atom stereocenters. The molecule has 0 radical (unpaired) electrons. The van der Waals surface area contributed by atoms with E-state index in [2.05, 4.69) is 27.1 Å². The van der Waals surface area contributed by atoms with E-state index in [9.17, 15) is 4.79 Å². The van der Waals surface area contributed by atoms with Crippen LogP contribution >= 0.6 is 0 Å². The third-order valence-electron chi connectivity index (χ3n) is 3.00. The van der Waals surface area contributed by atoms with E-state index in [1.165, 1.54) is 0 Å². The molecule has 2 rings (SSSR count). The molecule has 0 saturated carbocycles. The molecule has 7 heteroatoms. The Hall–Kier alpha value is -2.18. The van der Waals surface area contributed by atoms with Crippen molar-refractivity contribution in [1.29, 1.82) is 0 Å². The summed E-state index contributed by atoms with van der Waals surface area (Å²) < 4.78 is 1.86. The van der Waals surface area contributed by atoms with Crippen LogP contribution in [0, 0.1) is 0 Å². The lowest BCUT2D eigenvalue weighted by Gasteiger charge is -2.38. The van der Waals surface area contributed by atoms with Crippen molar-refractivity contribution in [2.24, 2.45) is 9.98 Å². The summed E-state index contributed by atoms with van der Waals surface area (Å²) in [6, 6.07) is 0.253. The molecule has 0 spiro atoms. The van der Waals surface area contributed by atoms with Crippen LogP contribution in [0.1, 0.15) is 19.9 Å². The highest BCUT2D eigenvalue weighted by molar-refractivity contribution is 5.96. The van der Waals surface area contributed by atoms with Gasteiger partial charge in [-0.1, -0.05) is 0 Å². The van der Waals surface area contributed by atoms with Crippen molar-refractivity contribution in [3.05, 3.63) is 12.4 Å². The molecule has 1 amide bonds. The first kappa shape index (κ1) is 13.3. The van der Waals surface area contributed by atoms with E-state index in [1.54, 1.807) is 18.0 Å². The van der Waals surface area contributed by atoms with Gasteiger partial charge in [0.05, 0.1) is 17.9 Å². The van der Waals surface area contributed by atoms with Gasteiger partial charge in [0, 0.05) is 32.8 Å². The van der Waals surface area contributed by atoms with Crippen molar-refractivity contribution >= 4 is 24.3 Å². The van der Waals surface area contributed by atoms with Gasteiger partial charge >= 0.3 is 0 Å². The molecule has 0 aliphatic carbocycles. The summed E-state index contributed by atoms with van der Waals surface area (Å²) in [5, 5.41) is 7.32. The Morgan fingerprint density at radius 1 is 1.63 bits per heavy atom. The third kappa shape index (κ3) is 2.98. The number of rotatable bonds is 3. The number of likely N-dealkylation sites (tertiary alicyclic amines) is 1. The first-order chi connectivity index (χ1) is 9.13. The normalized spacial score (nSPS) is 16.1. The van der Waals surface area contributed by atoms with E-state index in [0.29, 0.717) is 25.6 Å². The SMILES string of the molecule is C=N/C(=N\CC)Nc1cnn(C2CN(C(C)=O)C2)c1. The highest BCUT2D eigenvalue weighted by Gasteiger charge is 2.30. The molecule has 1 aliphatic heterocycles. The van der Waals surface area contributed by atoms with Gasteiger partial charge in [-0.2, -0.15) is 5.10 Å². The lowest BCUT2D eigenvalue weighted by Crippen LogP contribution is -2.49.